The lowest BCUT2D eigenvalue weighted by Gasteiger charge is -2.29. The molecule has 2 aliphatic heterocycles. The Morgan fingerprint density at radius 3 is 2.77 bits per heavy atom. The maximum atomic E-state index is 14.3. The third kappa shape index (κ3) is 2.82. The summed E-state index contributed by atoms with van der Waals surface area (Å²) in [5.74, 6) is -0.404. The molecule has 0 saturated carbocycles. The van der Waals surface area contributed by atoms with Gasteiger partial charge in [0.15, 0.2) is 6.23 Å². The quantitative estimate of drug-likeness (QED) is 0.829. The Kier molecular flexibility index (Phi) is 4.10. The van der Waals surface area contributed by atoms with Crippen LogP contribution in [0.5, 0.6) is 0 Å². The molecule has 1 atom stereocenters. The molecule has 22 heavy (non-hydrogen) atoms. The zero-order valence-electron chi connectivity index (χ0n) is 11.8. The number of nitrogens with one attached hydrogen (secondary N) is 1. The molecule has 0 bridgehead atoms. The van der Waals surface area contributed by atoms with E-state index in [1.165, 1.54) is 11.0 Å². The number of rotatable bonds is 4. The van der Waals surface area contributed by atoms with Crippen molar-refractivity contribution in [2.24, 2.45) is 0 Å². The number of benzene rings is 1. The summed E-state index contributed by atoms with van der Waals surface area (Å²) in [7, 11) is 0. The van der Waals surface area contributed by atoms with Gasteiger partial charge in [-0.05, 0) is 18.2 Å². The molecule has 1 N–H and O–H groups in total. The molecule has 2 fully saturated rings. The second-order valence-corrected chi connectivity index (χ2v) is 5.00. The molecule has 8 heteroatoms. The lowest BCUT2D eigenvalue weighted by atomic mass is 10.2. The van der Waals surface area contributed by atoms with Crippen LogP contribution >= 0.6 is 0 Å². The van der Waals surface area contributed by atoms with Crippen LogP contribution in [0.25, 0.3) is 0 Å². The first-order valence-electron chi connectivity index (χ1n) is 6.99. The molecule has 7 nitrogen and oxygen atoms in total. The van der Waals surface area contributed by atoms with E-state index in [-0.39, 0.29) is 6.54 Å². The number of anilines is 2. The number of nitrogens with zero attached hydrogens (tertiary/aromatic N) is 2. The topological polar surface area (TPSA) is 71.1 Å². The Labute approximate surface area is 126 Å². The Balaban J connectivity index is 1.77. The maximum Gasteiger partial charge on any atom is 0.416 e. The molecule has 0 aliphatic carbocycles. The summed E-state index contributed by atoms with van der Waals surface area (Å²) in [4.78, 5) is 25.3. The van der Waals surface area contributed by atoms with Gasteiger partial charge in [-0.1, -0.05) is 0 Å². The van der Waals surface area contributed by atoms with Gasteiger partial charge in [-0.25, -0.2) is 9.18 Å². The van der Waals surface area contributed by atoms with E-state index < -0.39 is 18.1 Å². The molecule has 1 aromatic rings. The highest BCUT2D eigenvalue weighted by Gasteiger charge is 2.32. The molecular formula is C14H16FN3O4. The van der Waals surface area contributed by atoms with Crippen LogP contribution in [0.15, 0.2) is 18.2 Å². The second-order valence-electron chi connectivity index (χ2n) is 5.00. The maximum absolute atomic E-state index is 14.3. The van der Waals surface area contributed by atoms with Crippen LogP contribution in [0, 0.1) is 5.82 Å². The van der Waals surface area contributed by atoms with Crippen LogP contribution in [0.1, 0.15) is 0 Å². The smallest absolute Gasteiger partial charge is 0.416 e. The zero-order chi connectivity index (χ0) is 15.5. The number of ether oxygens (including phenoxy) is 2. The van der Waals surface area contributed by atoms with Crippen LogP contribution in [0.4, 0.5) is 20.6 Å². The van der Waals surface area contributed by atoms with Gasteiger partial charge in [0.1, 0.15) is 5.82 Å². The number of halogens is 1. The van der Waals surface area contributed by atoms with Crippen LogP contribution in [-0.2, 0) is 14.3 Å². The summed E-state index contributed by atoms with van der Waals surface area (Å²) in [6, 6.07) is 4.61. The van der Waals surface area contributed by atoms with Gasteiger partial charge in [0, 0.05) is 13.1 Å². The molecule has 118 valence electrons. The van der Waals surface area contributed by atoms with Crippen molar-refractivity contribution in [1.82, 2.24) is 5.32 Å². The average molecular weight is 309 g/mol. The van der Waals surface area contributed by atoms with E-state index in [0.717, 1.165) is 0 Å². The third-order valence-electron chi connectivity index (χ3n) is 3.66. The lowest BCUT2D eigenvalue weighted by Crippen LogP contribution is -2.36. The van der Waals surface area contributed by atoms with E-state index in [1.54, 1.807) is 12.1 Å². The second kappa shape index (κ2) is 6.18. The van der Waals surface area contributed by atoms with Crippen molar-refractivity contribution in [1.29, 1.82) is 0 Å². The molecular weight excluding hydrogens is 293 g/mol. The van der Waals surface area contributed by atoms with Gasteiger partial charge in [0.2, 0.25) is 6.41 Å². The molecule has 2 amide bonds. The first kappa shape index (κ1) is 14.6. The van der Waals surface area contributed by atoms with Crippen molar-refractivity contribution in [3.8, 4) is 0 Å². The highest BCUT2D eigenvalue weighted by molar-refractivity contribution is 5.90. The van der Waals surface area contributed by atoms with Gasteiger partial charge in [-0.2, -0.15) is 0 Å². The highest BCUT2D eigenvalue weighted by Crippen LogP contribution is 2.27. The molecule has 0 unspecified atom stereocenters. The first-order chi connectivity index (χ1) is 10.7. The van der Waals surface area contributed by atoms with Gasteiger partial charge in [0.05, 0.1) is 31.1 Å². The number of hydrogen-bond acceptors (Lipinski definition) is 5. The monoisotopic (exact) mass is 309 g/mol. The van der Waals surface area contributed by atoms with Crippen molar-refractivity contribution >= 4 is 23.9 Å². The number of morpholine rings is 1. The van der Waals surface area contributed by atoms with Crippen molar-refractivity contribution < 1.29 is 23.5 Å². The van der Waals surface area contributed by atoms with E-state index in [4.69, 9.17) is 9.47 Å². The third-order valence-corrected chi connectivity index (χ3v) is 3.66. The Morgan fingerprint density at radius 2 is 2.09 bits per heavy atom. The number of cyclic esters (lactones) is 1. The summed E-state index contributed by atoms with van der Waals surface area (Å²) >= 11 is 0. The highest BCUT2D eigenvalue weighted by atomic mass is 19.1. The number of hydrogen-bond donors (Lipinski definition) is 1. The van der Waals surface area contributed by atoms with Crippen molar-refractivity contribution in [2.75, 3.05) is 42.6 Å². The fourth-order valence-electron chi connectivity index (χ4n) is 2.56. The first-order valence-corrected chi connectivity index (χ1v) is 6.99. The number of carbonyl (C=O) groups is 2. The number of carbonyl (C=O) groups excluding carboxylic acids is 2. The van der Waals surface area contributed by atoms with E-state index in [1.807, 2.05) is 4.90 Å². The van der Waals surface area contributed by atoms with Crippen LogP contribution < -0.4 is 15.1 Å². The summed E-state index contributed by atoms with van der Waals surface area (Å²) in [5.41, 5.74) is 0.886. The minimum atomic E-state index is -0.716. The SMILES string of the molecule is O=CN[C@H]1CN(c2ccc(N3CCOCC3)c(F)c2)C(=O)O1. The molecule has 2 saturated heterocycles. The molecule has 2 heterocycles. The molecule has 0 aromatic heterocycles. The largest absolute Gasteiger partial charge is 0.423 e. The average Bonchev–Trinajstić information content (AvgIpc) is 2.89. The normalized spacial score (nSPS) is 21.7. The van der Waals surface area contributed by atoms with E-state index in [2.05, 4.69) is 5.32 Å². The molecule has 3 rings (SSSR count). The minimum absolute atomic E-state index is 0.147. The Morgan fingerprint density at radius 1 is 1.32 bits per heavy atom. The predicted octanol–water partition coefficient (Wildman–Crippen LogP) is 0.691. The molecule has 2 aliphatic rings. The minimum Gasteiger partial charge on any atom is -0.423 e. The van der Waals surface area contributed by atoms with Crippen molar-refractivity contribution in [3.05, 3.63) is 24.0 Å². The molecule has 0 spiro atoms. The van der Waals surface area contributed by atoms with Gasteiger partial charge in [-0.15, -0.1) is 0 Å². The zero-order valence-corrected chi connectivity index (χ0v) is 11.8. The molecule has 0 radical (unpaired) electrons. The number of amides is 2. The fourth-order valence-corrected chi connectivity index (χ4v) is 2.56. The van der Waals surface area contributed by atoms with Gasteiger partial charge in [-0.3, -0.25) is 9.69 Å². The van der Waals surface area contributed by atoms with E-state index in [9.17, 15) is 14.0 Å². The fraction of sp³-hybridized carbons (Fsp3) is 0.429. The van der Waals surface area contributed by atoms with Gasteiger partial charge < -0.3 is 19.7 Å². The summed E-state index contributed by atoms with van der Waals surface area (Å²) in [5, 5.41) is 2.37. The van der Waals surface area contributed by atoms with Crippen molar-refractivity contribution in [2.45, 2.75) is 6.23 Å². The van der Waals surface area contributed by atoms with E-state index in [0.29, 0.717) is 44.1 Å². The lowest BCUT2D eigenvalue weighted by molar-refractivity contribution is -0.111. The van der Waals surface area contributed by atoms with Gasteiger partial charge in [0.25, 0.3) is 0 Å². The Bertz CT molecular complexity index is 577. The van der Waals surface area contributed by atoms with Crippen LogP contribution in [-0.4, -0.2) is 51.6 Å². The molecule has 1 aromatic carbocycles. The van der Waals surface area contributed by atoms with Crippen LogP contribution in [0.2, 0.25) is 0 Å². The standard InChI is InChI=1S/C14H16FN3O4/c15-11-7-10(18-8-13(16-9-19)22-14(18)20)1-2-12(11)17-3-5-21-6-4-17/h1-2,7,9,13H,3-6,8H2,(H,16,19)/t13-/m1/s1. The summed E-state index contributed by atoms with van der Waals surface area (Å²) < 4.78 is 24.5. The Hall–Kier alpha value is -2.35. The van der Waals surface area contributed by atoms with Crippen molar-refractivity contribution in [3.63, 3.8) is 0 Å². The van der Waals surface area contributed by atoms with Gasteiger partial charge >= 0.3 is 6.09 Å². The summed E-state index contributed by atoms with van der Waals surface area (Å²) in [6.07, 6.45) is -0.867. The predicted molar refractivity (Wildman–Crippen MR) is 76.2 cm³/mol. The summed E-state index contributed by atoms with van der Waals surface area (Å²) in [6.45, 7) is 2.55. The van der Waals surface area contributed by atoms with E-state index >= 15 is 0 Å². The van der Waals surface area contributed by atoms with Crippen LogP contribution in [0.3, 0.4) is 0 Å².